The third-order valence-electron chi connectivity index (χ3n) is 5.73. The van der Waals surface area contributed by atoms with Crippen LogP contribution in [0.2, 0.25) is 5.15 Å². The Morgan fingerprint density at radius 2 is 0.581 bits per heavy atom. The lowest BCUT2D eigenvalue weighted by Crippen LogP contribution is -1.95. The molecule has 0 amide bonds. The van der Waals surface area contributed by atoms with Gasteiger partial charge in [0.15, 0.2) is 40.7 Å². The summed E-state index contributed by atoms with van der Waals surface area (Å²) in [5, 5.41) is 0.352. The van der Waals surface area contributed by atoms with Crippen LogP contribution in [0.3, 0.4) is 0 Å². The van der Waals surface area contributed by atoms with Crippen LogP contribution in [0.25, 0.3) is 0 Å². The minimum atomic E-state index is 0.192. The Morgan fingerprint density at radius 3 is 0.887 bits per heavy atom. The molecule has 4 aromatic rings. The van der Waals surface area contributed by atoms with E-state index >= 15 is 0 Å². The molecule has 330 valence electrons. The molecule has 0 aliphatic carbocycles. The minimum Gasteiger partial charge on any atom is -0.368 e. The molecule has 0 aliphatic heterocycles. The molecule has 0 bridgehead atoms. The molecule has 62 heavy (non-hydrogen) atoms. The lowest BCUT2D eigenvalue weighted by Gasteiger charge is -2.01. The quantitative estimate of drug-likeness (QED) is 0.124. The predicted octanol–water partition coefficient (Wildman–Crippen LogP) is 12.2. The maximum atomic E-state index is 5.83. The number of anilines is 1. The van der Waals surface area contributed by atoms with Crippen LogP contribution in [0.5, 0.6) is 0 Å². The predicted molar refractivity (Wildman–Crippen MR) is 264 cm³/mol. The molecular weight excluding hydrogens is 804 g/mol. The summed E-state index contributed by atoms with van der Waals surface area (Å²) in [5.41, 5.74) is 13.8. The van der Waals surface area contributed by atoms with E-state index in [2.05, 4.69) is 84.8 Å². The first kappa shape index (κ1) is 53.5. The molecule has 0 atom stereocenters. The van der Waals surface area contributed by atoms with Gasteiger partial charge in [-0.05, 0) is 125 Å². The van der Waals surface area contributed by atoms with E-state index in [1.54, 1.807) is 24.3 Å². The molecule has 0 spiro atoms. The number of hydrogen-bond acceptors (Lipinski definition) is 18. The van der Waals surface area contributed by atoms with Crippen molar-refractivity contribution in [2.45, 2.75) is 125 Å². The van der Waals surface area contributed by atoms with Crippen LogP contribution in [0, 0.1) is 0 Å². The number of aliphatic imine (C=N–C) groups is 9. The molecule has 19 heteroatoms. The average Bonchev–Trinajstić information content (AvgIpc) is 3.06. The van der Waals surface area contributed by atoms with Crippen molar-refractivity contribution < 1.29 is 0 Å². The summed E-state index contributed by atoms with van der Waals surface area (Å²) < 4.78 is 0. The van der Waals surface area contributed by atoms with Crippen molar-refractivity contribution in [3.63, 3.8) is 0 Å². The zero-order chi connectivity index (χ0) is 47.1. The Morgan fingerprint density at radius 1 is 0.339 bits per heavy atom. The van der Waals surface area contributed by atoms with E-state index in [4.69, 9.17) is 17.3 Å². The molecule has 4 aromatic heterocycles. The highest BCUT2D eigenvalue weighted by molar-refractivity contribution is 6.29. The summed E-state index contributed by atoms with van der Waals surface area (Å²) in [6, 6.07) is 6.83. The lowest BCUT2D eigenvalue weighted by atomic mass is 10.4. The highest BCUT2D eigenvalue weighted by Gasteiger charge is 2.04. The van der Waals surface area contributed by atoms with Gasteiger partial charge < -0.3 is 5.73 Å². The maximum Gasteiger partial charge on any atom is 0.253 e. The fourth-order valence-electron chi connectivity index (χ4n) is 4.09. The monoisotopic (exact) mass is 865 g/mol. The van der Waals surface area contributed by atoms with Crippen molar-refractivity contribution in [2.24, 2.45) is 44.9 Å². The summed E-state index contributed by atoms with van der Waals surface area (Å²) in [6.45, 7) is 34.3. The maximum absolute atomic E-state index is 5.83. The minimum absolute atomic E-state index is 0.192. The van der Waals surface area contributed by atoms with E-state index in [0.717, 1.165) is 51.4 Å². The second-order valence-electron chi connectivity index (χ2n) is 14.9. The first-order valence-corrected chi connectivity index (χ1v) is 19.8. The number of nitrogens with two attached hydrogens (primary N) is 1. The van der Waals surface area contributed by atoms with Gasteiger partial charge in [0.05, 0.1) is 0 Å². The van der Waals surface area contributed by atoms with Gasteiger partial charge in [-0.25, -0.2) is 54.9 Å². The van der Waals surface area contributed by atoms with E-state index in [9.17, 15) is 0 Å². The summed E-state index contributed by atoms with van der Waals surface area (Å²) >= 11 is 5.83. The Bertz CT molecular complexity index is 2110. The largest absolute Gasteiger partial charge is 0.368 e. The van der Waals surface area contributed by atoms with Gasteiger partial charge >= 0.3 is 0 Å². The molecule has 0 fully saturated rings. The van der Waals surface area contributed by atoms with Gasteiger partial charge in [0.1, 0.15) is 11.5 Å². The normalized spacial score (nSPS) is 9.60. The molecule has 4 rings (SSSR count). The number of nitrogens with zero attached hydrogens (tertiary/aromatic N) is 17. The summed E-state index contributed by atoms with van der Waals surface area (Å²) in [5.74, 6) is 5.05. The van der Waals surface area contributed by atoms with Gasteiger partial charge in [-0.15, -0.1) is 0 Å². The molecule has 4 heterocycles. The van der Waals surface area contributed by atoms with E-state index in [-0.39, 0.29) is 5.95 Å². The lowest BCUT2D eigenvalue weighted by molar-refractivity contribution is 1.11. The molecule has 0 saturated heterocycles. The number of rotatable bonds is 9. The van der Waals surface area contributed by atoms with Crippen LogP contribution < -0.4 is 5.73 Å². The van der Waals surface area contributed by atoms with Crippen molar-refractivity contribution >= 4 is 122 Å². The molecule has 0 saturated carbocycles. The zero-order valence-corrected chi connectivity index (χ0v) is 40.2. The molecule has 0 radical (unpaired) electrons. The summed E-state index contributed by atoms with van der Waals surface area (Å²) in [6.07, 6.45) is 1.48. The standard InChI is InChI=1S/C13H19N5.C10H13ClN4.C10H15N5.C10H14N4/c1-8(2)14-11-7-12(15-9(3)4)18-13(17-11)16-10(5)6;1-6(2)12-9-5-8(11)14-10(15-9)13-7(3)4;1-6(2)12-8-5-9(13-7(3)4)15-10(11)14-8;1-7(2)13-9-5-10(12-6-11-9)14-8(3)4/h7H,1-6H3;5H,1-4H3;5H,1-4H3,(H2,11,14,15);5-6H,1-4H3. The molecule has 0 aliphatic rings. The van der Waals surface area contributed by atoms with Gasteiger partial charge in [-0.1, -0.05) is 11.6 Å². The van der Waals surface area contributed by atoms with Crippen molar-refractivity contribution in [1.82, 2.24) is 39.9 Å². The zero-order valence-electron chi connectivity index (χ0n) is 39.4. The van der Waals surface area contributed by atoms with E-state index in [1.165, 1.54) is 6.33 Å². The Kier molecular flexibility index (Phi) is 23.6. The highest BCUT2D eigenvalue weighted by atomic mass is 35.5. The average molecular weight is 866 g/mol. The smallest absolute Gasteiger partial charge is 0.253 e. The molecule has 18 nitrogen and oxygen atoms in total. The molecular formula is C43H61ClN18. The van der Waals surface area contributed by atoms with Crippen molar-refractivity contribution in [2.75, 3.05) is 5.73 Å². The second-order valence-corrected chi connectivity index (χ2v) is 15.3. The van der Waals surface area contributed by atoms with Crippen LogP contribution in [-0.2, 0) is 0 Å². The van der Waals surface area contributed by atoms with Crippen molar-refractivity contribution in [3.8, 4) is 0 Å². The fraction of sp³-hybridized carbons (Fsp3) is 0.419. The number of aromatic nitrogens is 8. The van der Waals surface area contributed by atoms with Gasteiger partial charge in [-0.2, -0.15) is 29.9 Å². The molecule has 0 aromatic carbocycles. The topological polar surface area (TPSA) is 240 Å². The van der Waals surface area contributed by atoms with Gasteiger partial charge in [0.25, 0.3) is 11.9 Å². The highest BCUT2D eigenvalue weighted by Crippen LogP contribution is 2.22. The van der Waals surface area contributed by atoms with E-state index < -0.39 is 0 Å². The summed E-state index contributed by atoms with van der Waals surface area (Å²) in [7, 11) is 0. The Balaban J connectivity index is 0.000000415. The Labute approximate surface area is 371 Å². The van der Waals surface area contributed by atoms with Gasteiger partial charge in [-0.3, -0.25) is 0 Å². The van der Waals surface area contributed by atoms with Crippen LogP contribution in [-0.4, -0.2) is 91.3 Å². The van der Waals surface area contributed by atoms with Crippen LogP contribution >= 0.6 is 11.6 Å². The van der Waals surface area contributed by atoms with Crippen molar-refractivity contribution in [3.05, 3.63) is 35.7 Å². The van der Waals surface area contributed by atoms with Crippen LogP contribution in [0.4, 0.5) is 58.6 Å². The first-order valence-electron chi connectivity index (χ1n) is 19.5. The van der Waals surface area contributed by atoms with Gasteiger partial charge in [0.2, 0.25) is 5.95 Å². The van der Waals surface area contributed by atoms with E-state index in [0.29, 0.717) is 57.8 Å². The van der Waals surface area contributed by atoms with Crippen molar-refractivity contribution in [1.29, 1.82) is 0 Å². The first-order chi connectivity index (χ1) is 28.9. The Hall–Kier alpha value is -6.56. The number of hydrogen-bond donors (Lipinski definition) is 1. The third-order valence-corrected chi connectivity index (χ3v) is 5.92. The van der Waals surface area contributed by atoms with Gasteiger partial charge in [0, 0.05) is 75.7 Å². The third kappa shape index (κ3) is 25.8. The summed E-state index contributed by atoms with van der Waals surface area (Å²) in [4.78, 5) is 70.8. The second kappa shape index (κ2) is 27.3. The molecule has 0 unspecified atom stereocenters. The van der Waals surface area contributed by atoms with E-state index in [1.807, 2.05) is 125 Å². The fourth-order valence-corrected chi connectivity index (χ4v) is 4.27. The molecule has 2 N–H and O–H groups in total. The number of halogens is 1. The number of nitrogen functional groups attached to an aromatic ring is 1. The van der Waals surface area contributed by atoms with Crippen LogP contribution in [0.1, 0.15) is 125 Å². The SMILES string of the molecule is CC(C)=Nc1cc(Cl)nc(N=C(C)C)n1.CC(C)=Nc1cc(N=C(C)C)nc(N)n1.CC(C)=Nc1cc(N=C(C)C)nc(N=C(C)C)n1.CC(C)=Nc1cc(N=C(C)C)ncn1. The van der Waals surface area contributed by atoms with Crippen LogP contribution in [0.15, 0.2) is 75.5 Å².